The molecule has 1 atom stereocenters. The lowest BCUT2D eigenvalue weighted by Gasteiger charge is -2.36. The predicted octanol–water partition coefficient (Wildman–Crippen LogP) is 4.11. The number of rotatable bonds is 2. The van der Waals surface area contributed by atoms with Crippen LogP contribution in [-0.2, 0) is 0 Å². The molecule has 1 unspecified atom stereocenters. The van der Waals surface area contributed by atoms with Gasteiger partial charge in [-0.05, 0) is 37.5 Å². The highest BCUT2D eigenvalue weighted by Gasteiger charge is 2.36. The van der Waals surface area contributed by atoms with Crippen LogP contribution in [0, 0.1) is 5.92 Å². The van der Waals surface area contributed by atoms with Gasteiger partial charge in [-0.25, -0.2) is 0 Å². The molecule has 0 aliphatic carbocycles. The van der Waals surface area contributed by atoms with Crippen molar-refractivity contribution >= 4 is 17.4 Å². The first-order valence-electron chi connectivity index (χ1n) is 5.91. The van der Waals surface area contributed by atoms with E-state index in [2.05, 4.69) is 13.8 Å². The summed E-state index contributed by atoms with van der Waals surface area (Å²) >= 11 is 5.89. The largest absolute Gasteiger partial charge is 0.486 e. The molecule has 1 aromatic carbocycles. The van der Waals surface area contributed by atoms with E-state index in [0.29, 0.717) is 28.7 Å². The van der Waals surface area contributed by atoms with Gasteiger partial charge in [-0.1, -0.05) is 25.4 Å². The number of benzene rings is 1. The number of carbonyl (C=O) groups is 1. The number of ether oxygens (including phenoxy) is 1. The van der Waals surface area contributed by atoms with Gasteiger partial charge in [0, 0.05) is 5.02 Å². The average molecular weight is 253 g/mol. The Morgan fingerprint density at radius 1 is 1.47 bits per heavy atom. The molecular weight excluding hydrogens is 236 g/mol. The fourth-order valence-corrected chi connectivity index (χ4v) is 2.70. The second-order valence-electron chi connectivity index (χ2n) is 5.39. The van der Waals surface area contributed by atoms with Gasteiger partial charge in [-0.3, -0.25) is 4.79 Å². The third kappa shape index (κ3) is 2.63. The molecular formula is C14H17ClO2. The van der Waals surface area contributed by atoms with E-state index in [1.807, 2.05) is 6.92 Å². The number of hydrogen-bond donors (Lipinski definition) is 0. The quantitative estimate of drug-likeness (QED) is 0.792. The van der Waals surface area contributed by atoms with Crippen molar-refractivity contribution in [3.63, 3.8) is 0 Å². The highest BCUT2D eigenvalue weighted by atomic mass is 35.5. The van der Waals surface area contributed by atoms with E-state index < -0.39 is 0 Å². The van der Waals surface area contributed by atoms with Gasteiger partial charge in [0.15, 0.2) is 5.78 Å². The lowest BCUT2D eigenvalue weighted by molar-refractivity contribution is 0.0392. The van der Waals surface area contributed by atoms with Crippen molar-refractivity contribution in [2.24, 2.45) is 5.92 Å². The van der Waals surface area contributed by atoms with E-state index in [0.717, 1.165) is 6.42 Å². The van der Waals surface area contributed by atoms with Crippen molar-refractivity contribution in [1.29, 1.82) is 0 Å². The first kappa shape index (κ1) is 12.4. The number of carbonyl (C=O) groups excluding carboxylic acids is 1. The molecule has 17 heavy (non-hydrogen) atoms. The molecule has 1 heterocycles. The minimum Gasteiger partial charge on any atom is -0.486 e. The first-order chi connectivity index (χ1) is 7.89. The van der Waals surface area contributed by atoms with Crippen molar-refractivity contribution in [3.8, 4) is 5.75 Å². The molecule has 0 saturated carbocycles. The van der Waals surface area contributed by atoms with E-state index in [-0.39, 0.29) is 11.4 Å². The zero-order valence-corrected chi connectivity index (χ0v) is 11.2. The van der Waals surface area contributed by atoms with Crippen LogP contribution in [0.25, 0.3) is 0 Å². The molecule has 1 aliphatic heterocycles. The van der Waals surface area contributed by atoms with Crippen molar-refractivity contribution in [2.45, 2.75) is 39.2 Å². The van der Waals surface area contributed by atoms with Crippen LogP contribution in [0.2, 0.25) is 5.02 Å². The molecule has 0 radical (unpaired) electrons. The maximum Gasteiger partial charge on any atom is 0.170 e. The normalized spacial score (nSPS) is 23.5. The third-order valence-corrected chi connectivity index (χ3v) is 3.21. The van der Waals surface area contributed by atoms with E-state index in [4.69, 9.17) is 16.3 Å². The van der Waals surface area contributed by atoms with Crippen molar-refractivity contribution < 1.29 is 9.53 Å². The molecule has 0 aromatic heterocycles. The van der Waals surface area contributed by atoms with Gasteiger partial charge in [-0.15, -0.1) is 0 Å². The second kappa shape index (κ2) is 4.34. The Labute approximate surface area is 107 Å². The predicted molar refractivity (Wildman–Crippen MR) is 68.9 cm³/mol. The summed E-state index contributed by atoms with van der Waals surface area (Å²) in [6.45, 7) is 6.27. The molecule has 1 aromatic rings. The average Bonchev–Trinajstić information content (AvgIpc) is 2.17. The number of halogens is 1. The Bertz CT molecular complexity index is 454. The van der Waals surface area contributed by atoms with Gasteiger partial charge in [0.25, 0.3) is 0 Å². The summed E-state index contributed by atoms with van der Waals surface area (Å²) in [5, 5.41) is 0.577. The SMILES string of the molecule is CC(C)CC1(C)CC(=O)c2cc(Cl)ccc2O1. The molecule has 0 amide bonds. The Kier molecular flexibility index (Phi) is 3.17. The summed E-state index contributed by atoms with van der Waals surface area (Å²) in [5.74, 6) is 1.28. The van der Waals surface area contributed by atoms with E-state index in [1.54, 1.807) is 18.2 Å². The number of fused-ring (bicyclic) bond motifs is 1. The first-order valence-corrected chi connectivity index (χ1v) is 6.29. The van der Waals surface area contributed by atoms with Crippen molar-refractivity contribution in [1.82, 2.24) is 0 Å². The fraction of sp³-hybridized carbons (Fsp3) is 0.500. The molecule has 0 spiro atoms. The highest BCUT2D eigenvalue weighted by molar-refractivity contribution is 6.31. The summed E-state index contributed by atoms with van der Waals surface area (Å²) < 4.78 is 5.98. The summed E-state index contributed by atoms with van der Waals surface area (Å²) in [7, 11) is 0. The maximum atomic E-state index is 12.1. The lowest BCUT2D eigenvalue weighted by Crippen LogP contribution is -2.40. The van der Waals surface area contributed by atoms with Crippen LogP contribution in [0.15, 0.2) is 18.2 Å². The van der Waals surface area contributed by atoms with Gasteiger partial charge in [0.2, 0.25) is 0 Å². The number of hydrogen-bond acceptors (Lipinski definition) is 2. The standard InChI is InChI=1S/C14H17ClO2/c1-9(2)7-14(3)8-12(16)11-6-10(15)4-5-13(11)17-14/h4-6,9H,7-8H2,1-3H3. The molecule has 0 fully saturated rings. The second-order valence-corrected chi connectivity index (χ2v) is 5.83. The lowest BCUT2D eigenvalue weighted by atomic mass is 9.85. The molecule has 3 heteroatoms. The summed E-state index contributed by atoms with van der Waals surface area (Å²) in [6.07, 6.45) is 1.30. The van der Waals surface area contributed by atoms with E-state index >= 15 is 0 Å². The van der Waals surface area contributed by atoms with E-state index in [1.165, 1.54) is 0 Å². The van der Waals surface area contributed by atoms with Gasteiger partial charge in [0.1, 0.15) is 11.4 Å². The summed E-state index contributed by atoms with van der Waals surface area (Å²) in [4.78, 5) is 12.1. The summed E-state index contributed by atoms with van der Waals surface area (Å²) in [5.41, 5.74) is 0.227. The molecule has 1 aliphatic rings. The van der Waals surface area contributed by atoms with Crippen LogP contribution in [0.3, 0.4) is 0 Å². The Hall–Kier alpha value is -1.02. The zero-order valence-electron chi connectivity index (χ0n) is 10.4. The Morgan fingerprint density at radius 3 is 2.82 bits per heavy atom. The van der Waals surface area contributed by atoms with Crippen LogP contribution in [-0.4, -0.2) is 11.4 Å². The molecule has 92 valence electrons. The van der Waals surface area contributed by atoms with Gasteiger partial charge in [0.05, 0.1) is 12.0 Å². The Morgan fingerprint density at radius 2 is 2.18 bits per heavy atom. The minimum atomic E-state index is -0.383. The number of ketones is 1. The smallest absolute Gasteiger partial charge is 0.170 e. The van der Waals surface area contributed by atoms with Crippen molar-refractivity contribution in [3.05, 3.63) is 28.8 Å². The Balaban J connectivity index is 2.33. The van der Waals surface area contributed by atoms with E-state index in [9.17, 15) is 4.79 Å². The van der Waals surface area contributed by atoms with Crippen LogP contribution >= 0.6 is 11.6 Å². The van der Waals surface area contributed by atoms with Crippen LogP contribution in [0.1, 0.15) is 44.0 Å². The van der Waals surface area contributed by atoms with Crippen molar-refractivity contribution in [2.75, 3.05) is 0 Å². The molecule has 0 saturated heterocycles. The highest BCUT2D eigenvalue weighted by Crippen LogP contribution is 2.37. The minimum absolute atomic E-state index is 0.122. The fourth-order valence-electron chi connectivity index (χ4n) is 2.52. The number of Topliss-reactive ketones (excluding diaryl/α,β-unsaturated/α-hetero) is 1. The molecule has 2 nitrogen and oxygen atoms in total. The van der Waals surface area contributed by atoms with Crippen LogP contribution in [0.4, 0.5) is 0 Å². The maximum absolute atomic E-state index is 12.1. The topological polar surface area (TPSA) is 26.3 Å². The van der Waals surface area contributed by atoms with Gasteiger partial charge in [-0.2, -0.15) is 0 Å². The van der Waals surface area contributed by atoms with Crippen LogP contribution in [0.5, 0.6) is 5.75 Å². The van der Waals surface area contributed by atoms with Gasteiger partial charge < -0.3 is 4.74 Å². The monoisotopic (exact) mass is 252 g/mol. The zero-order chi connectivity index (χ0) is 12.6. The van der Waals surface area contributed by atoms with Gasteiger partial charge >= 0.3 is 0 Å². The van der Waals surface area contributed by atoms with Crippen LogP contribution < -0.4 is 4.74 Å². The molecule has 2 rings (SSSR count). The molecule has 0 N–H and O–H groups in total. The summed E-state index contributed by atoms with van der Waals surface area (Å²) in [6, 6.07) is 5.23. The third-order valence-electron chi connectivity index (χ3n) is 2.97. The molecule has 0 bridgehead atoms.